The maximum atomic E-state index is 8.81. The van der Waals surface area contributed by atoms with Crippen LogP contribution in [-0.4, -0.2) is 14.1 Å². The van der Waals surface area contributed by atoms with Gasteiger partial charge in [-0.2, -0.15) is 12.1 Å². The van der Waals surface area contributed by atoms with E-state index >= 15 is 0 Å². The average molecular weight is 1180 g/mol. The second-order valence-electron chi connectivity index (χ2n) is 23.2. The molecule has 0 fully saturated rings. The van der Waals surface area contributed by atoms with E-state index in [0.717, 1.165) is 76.7 Å². The van der Waals surface area contributed by atoms with Gasteiger partial charge in [-0.05, 0) is 135 Å². The zero-order valence-electron chi connectivity index (χ0n) is 53.3. The van der Waals surface area contributed by atoms with Crippen LogP contribution in [0.5, 0.6) is 11.5 Å². The second-order valence-corrected chi connectivity index (χ2v) is 23.2. The number of anilines is 2. The molecule has 5 nitrogen and oxygen atoms in total. The van der Waals surface area contributed by atoms with Crippen molar-refractivity contribution in [1.29, 1.82) is 0 Å². The Kier molecular flexibility index (Phi) is 9.93. The number of hydrogen-bond acceptors (Lipinski definition) is 3. The summed E-state index contributed by atoms with van der Waals surface area (Å²) in [7, 11) is 0. The van der Waals surface area contributed by atoms with Crippen molar-refractivity contribution in [3.05, 3.63) is 211 Å². The Bertz CT molecular complexity index is 4510. The van der Waals surface area contributed by atoms with Crippen molar-refractivity contribution in [3.8, 4) is 28.4 Å². The van der Waals surface area contributed by atoms with E-state index in [-0.39, 0.29) is 37.5 Å². The molecule has 0 aliphatic carbocycles. The predicted molar refractivity (Wildman–Crippen MR) is 317 cm³/mol. The molecule has 4 heterocycles. The smallest absolute Gasteiger partial charge is 0.135 e. The first-order chi connectivity index (χ1) is 39.5. The van der Waals surface area contributed by atoms with E-state index in [9.17, 15) is 0 Å². The first-order valence-electron chi connectivity index (χ1n) is 30.2. The number of pyridine rings is 1. The third-order valence-corrected chi connectivity index (χ3v) is 14.9. The van der Waals surface area contributed by atoms with Crippen molar-refractivity contribution < 1.29 is 38.1 Å². The first kappa shape index (κ1) is 40.9. The number of nitrogens with zero attached hydrogens (tertiary/aromatic N) is 4. The van der Waals surface area contributed by atoms with Crippen LogP contribution in [0.15, 0.2) is 170 Å². The van der Waals surface area contributed by atoms with E-state index in [1.165, 1.54) is 17.7 Å². The predicted octanol–water partition coefficient (Wildman–Crippen LogP) is 19.1. The maximum absolute atomic E-state index is 8.81. The molecule has 0 amide bonds. The fourth-order valence-electron chi connectivity index (χ4n) is 10.8. The Morgan fingerprint density at radius 3 is 1.72 bits per heavy atom. The van der Waals surface area contributed by atoms with Crippen LogP contribution in [0, 0.1) is 18.8 Å². The van der Waals surface area contributed by atoms with Crippen LogP contribution in [0.2, 0.25) is 0 Å². The Labute approximate surface area is 475 Å². The van der Waals surface area contributed by atoms with Crippen LogP contribution >= 0.6 is 0 Å². The van der Waals surface area contributed by atoms with Crippen LogP contribution in [0.1, 0.15) is 117 Å². The van der Waals surface area contributed by atoms with Gasteiger partial charge in [-0.25, -0.2) is 4.98 Å². The summed E-state index contributed by atoms with van der Waals surface area (Å²) in [5.74, 6) is 1.73. The van der Waals surface area contributed by atoms with Crippen molar-refractivity contribution in [2.75, 3.05) is 4.90 Å². The monoisotopic (exact) mass is 1180 g/mol. The summed E-state index contributed by atoms with van der Waals surface area (Å²) in [5.41, 5.74) is 4.48. The van der Waals surface area contributed by atoms with Gasteiger partial charge in [0.1, 0.15) is 5.82 Å². The Hall–Kier alpha value is -7.33. The van der Waals surface area contributed by atoms with Crippen molar-refractivity contribution in [2.45, 2.75) is 105 Å². The zero-order chi connectivity index (χ0) is 59.8. The van der Waals surface area contributed by atoms with Gasteiger partial charge in [-0.3, -0.25) is 0 Å². The van der Waals surface area contributed by atoms with E-state index in [1.807, 2.05) is 106 Å². The number of hydrogen-bond donors (Lipinski definition) is 0. The molecule has 76 heavy (non-hydrogen) atoms. The van der Waals surface area contributed by atoms with Gasteiger partial charge < -0.3 is 18.8 Å². The van der Waals surface area contributed by atoms with E-state index in [4.69, 9.17) is 22.1 Å². The normalized spacial score (nSPS) is 15.2. The van der Waals surface area contributed by atoms with Crippen molar-refractivity contribution in [2.24, 2.45) is 0 Å². The molecule has 384 valence electrons. The molecule has 11 aromatic rings. The molecule has 0 N–H and O–H groups in total. The van der Waals surface area contributed by atoms with Gasteiger partial charge in [-0.1, -0.05) is 203 Å². The van der Waals surface area contributed by atoms with Crippen molar-refractivity contribution in [1.82, 2.24) is 14.1 Å². The Balaban J connectivity index is 0.00000752. The maximum Gasteiger partial charge on any atom is 0.135 e. The van der Waals surface area contributed by atoms with Gasteiger partial charge >= 0.3 is 0 Å². The van der Waals surface area contributed by atoms with Crippen molar-refractivity contribution in [3.63, 3.8) is 0 Å². The zero-order valence-corrected chi connectivity index (χ0v) is 46.5. The molecular formula is C70H65N4OPt-3. The summed E-state index contributed by atoms with van der Waals surface area (Å²) in [6.07, 6.45) is 1.87. The summed E-state index contributed by atoms with van der Waals surface area (Å²) in [4.78, 5) is 7.01. The quantitative estimate of drug-likeness (QED) is 0.161. The largest absolute Gasteiger partial charge is 0.509 e. The molecular weight excluding hydrogens is 1110 g/mol. The molecule has 6 heteroatoms. The fourth-order valence-corrected chi connectivity index (χ4v) is 10.8. The molecule has 0 radical (unpaired) electrons. The third-order valence-electron chi connectivity index (χ3n) is 14.9. The summed E-state index contributed by atoms with van der Waals surface area (Å²) in [6.45, 7) is 10.7. The topological polar surface area (TPSA) is 35.2 Å². The molecule has 12 rings (SSSR count). The van der Waals surface area contributed by atoms with E-state index in [2.05, 4.69) is 147 Å². The molecule has 0 saturated carbocycles. The molecule has 0 unspecified atom stereocenters. The van der Waals surface area contributed by atoms with Gasteiger partial charge in [0.25, 0.3) is 0 Å². The molecule has 1 aliphatic rings. The summed E-state index contributed by atoms with van der Waals surface area (Å²) < 4.78 is 90.4. The van der Waals surface area contributed by atoms with E-state index in [0.29, 0.717) is 39.4 Å². The molecule has 0 bridgehead atoms. The Morgan fingerprint density at radius 2 is 1.07 bits per heavy atom. The molecule has 8 aromatic carbocycles. The average Bonchev–Trinajstić information content (AvgIpc) is 1.24. The molecule has 0 spiro atoms. The minimum Gasteiger partial charge on any atom is -0.509 e. The van der Waals surface area contributed by atoms with Crippen molar-refractivity contribution >= 4 is 76.5 Å². The molecule has 3 aromatic heterocycles. The van der Waals surface area contributed by atoms with Gasteiger partial charge in [0.05, 0.1) is 0 Å². The van der Waals surface area contributed by atoms with E-state index < -0.39 is 31.4 Å². The van der Waals surface area contributed by atoms with Gasteiger partial charge in [0, 0.05) is 62.3 Å². The molecule has 0 atom stereocenters. The number of rotatable bonds is 5. The standard InChI is InChI=1S/C70H65N4O.Pt/c1-67(2,3)45-30-33-61-60(39-45)57-32-31-51(42-63(57)74(61)64-40-46(34-35-71-64)68(4,5)6)75-50-21-17-20-49(41-50)72-43-73-65-52(44-36-47(69(7,8)9)38-48(37-44)70(10,11)12)26-18-27-58(65)55-24-15-13-22-53(55)54-23-14-16-25-56(54)59-28-19-29-62(72)66(59)73;/h13-40,43H,1-12H3;/q-3;/i7D3,8D3,9D3;. The number of aromatic nitrogens is 3. The summed E-state index contributed by atoms with van der Waals surface area (Å²) in [5, 5.41) is 7.77. The fraction of sp³-hybridized carbons (Fsp3) is 0.229. The second kappa shape index (κ2) is 18.5. The molecule has 0 saturated heterocycles. The number of para-hydroxylation sites is 2. The van der Waals surface area contributed by atoms with Crippen LogP contribution < -0.4 is 9.64 Å². The SMILES string of the molecule is [2H]C([2H])([2H])C(c1cc(-c2cccc3c4ccccc4c4ccccc4c4cccc5c4n(c23)[CH-]N5c2[c-]c(Oc3[c-]c4c(cc3)c3cc(C(C)(C)C)ccc3n4-c3cc(C(C)(C)C)ccn3)ccc2)cc(C(C)(C)C)c1)(C([2H])([2H])[2H])C([2H])([2H])[2H].[Pt]. The van der Waals surface area contributed by atoms with E-state index in [1.54, 1.807) is 0 Å². The van der Waals surface area contributed by atoms with Gasteiger partial charge in [0.15, 0.2) is 0 Å². The molecule has 1 aliphatic heterocycles. The summed E-state index contributed by atoms with van der Waals surface area (Å²) >= 11 is 0. The van der Waals surface area contributed by atoms with Crippen LogP contribution in [-0.2, 0) is 42.7 Å². The Morgan fingerprint density at radius 1 is 0.487 bits per heavy atom. The van der Waals surface area contributed by atoms with Gasteiger partial charge in [-0.15, -0.1) is 35.7 Å². The number of benzene rings is 8. The van der Waals surface area contributed by atoms with Crippen LogP contribution in [0.25, 0.3) is 82.1 Å². The number of ether oxygens (including phenoxy) is 1. The number of fused-ring (bicyclic) bond motifs is 10. The minimum atomic E-state index is -3.48. The summed E-state index contributed by atoms with van der Waals surface area (Å²) in [6, 6.07) is 61.6. The first-order valence-corrected chi connectivity index (χ1v) is 25.7. The third kappa shape index (κ3) is 8.81. The minimum absolute atomic E-state index is 0. The van der Waals surface area contributed by atoms with Crippen LogP contribution in [0.3, 0.4) is 0 Å². The van der Waals surface area contributed by atoms with Gasteiger partial charge in [0.2, 0.25) is 0 Å². The van der Waals surface area contributed by atoms with Crippen LogP contribution in [0.4, 0.5) is 11.4 Å².